The first-order chi connectivity index (χ1) is 18.3. The molecule has 3 aromatic rings. The van der Waals surface area contributed by atoms with Crippen LogP contribution < -0.4 is 18.9 Å². The van der Waals surface area contributed by atoms with Gasteiger partial charge in [-0.1, -0.05) is 18.2 Å². The minimum atomic E-state index is -4.83. The molecule has 10 heteroatoms. The van der Waals surface area contributed by atoms with Crippen molar-refractivity contribution in [1.82, 2.24) is 0 Å². The van der Waals surface area contributed by atoms with E-state index >= 15 is 0 Å². The van der Waals surface area contributed by atoms with Gasteiger partial charge in [0, 0.05) is 6.07 Å². The SMILES string of the molecule is COc1cc2c(c(O)c1C(=O)/C=C/c1ccc(OC(=O)c3ccc(OC(F)(F)F)cc3)cc1)C=CC(C)(C)O2. The van der Waals surface area contributed by atoms with Crippen molar-refractivity contribution in [2.24, 2.45) is 0 Å². The lowest BCUT2D eigenvalue weighted by Gasteiger charge is -2.29. The lowest BCUT2D eigenvalue weighted by molar-refractivity contribution is -0.274. The van der Waals surface area contributed by atoms with E-state index in [9.17, 15) is 27.9 Å². The third-order valence-corrected chi connectivity index (χ3v) is 5.60. The van der Waals surface area contributed by atoms with E-state index in [4.69, 9.17) is 14.2 Å². The number of ketones is 1. The van der Waals surface area contributed by atoms with Gasteiger partial charge in [-0.15, -0.1) is 13.2 Å². The molecule has 7 nitrogen and oxygen atoms in total. The highest BCUT2D eigenvalue weighted by atomic mass is 19.4. The zero-order chi connectivity index (χ0) is 28.4. The number of carbonyl (C=O) groups is 2. The lowest BCUT2D eigenvalue weighted by atomic mass is 9.97. The van der Waals surface area contributed by atoms with Crippen LogP contribution in [0, 0.1) is 0 Å². The normalized spacial score (nSPS) is 13.9. The molecule has 0 amide bonds. The van der Waals surface area contributed by atoms with Gasteiger partial charge in [0.1, 0.15) is 39.9 Å². The van der Waals surface area contributed by atoms with E-state index in [1.165, 1.54) is 31.4 Å². The number of fused-ring (bicyclic) bond motifs is 1. The molecule has 0 saturated carbocycles. The first kappa shape index (κ1) is 27.3. The Kier molecular flexibility index (Phi) is 7.40. The van der Waals surface area contributed by atoms with Gasteiger partial charge in [0.25, 0.3) is 0 Å². The quantitative estimate of drug-likeness (QED) is 0.156. The van der Waals surface area contributed by atoms with Crippen molar-refractivity contribution >= 4 is 23.9 Å². The number of esters is 1. The van der Waals surface area contributed by atoms with Gasteiger partial charge in [-0.2, -0.15) is 0 Å². The minimum absolute atomic E-state index is 0.0161. The molecule has 0 fully saturated rings. The number of hydrogen-bond acceptors (Lipinski definition) is 7. The highest BCUT2D eigenvalue weighted by Gasteiger charge is 2.31. The number of allylic oxidation sites excluding steroid dienone is 1. The predicted molar refractivity (Wildman–Crippen MR) is 136 cm³/mol. The molecule has 0 spiro atoms. The summed E-state index contributed by atoms with van der Waals surface area (Å²) in [5.41, 5.74) is 0.408. The summed E-state index contributed by atoms with van der Waals surface area (Å²) in [5.74, 6) is -1.25. The maximum Gasteiger partial charge on any atom is 0.573 e. The van der Waals surface area contributed by atoms with E-state index in [0.717, 1.165) is 24.3 Å². The van der Waals surface area contributed by atoms with E-state index in [1.807, 2.05) is 13.8 Å². The summed E-state index contributed by atoms with van der Waals surface area (Å²) in [6.07, 6.45) is 1.42. The highest BCUT2D eigenvalue weighted by Crippen LogP contribution is 2.43. The maximum absolute atomic E-state index is 13.0. The van der Waals surface area contributed by atoms with Crippen molar-refractivity contribution in [2.75, 3.05) is 7.11 Å². The molecule has 0 bridgehead atoms. The summed E-state index contributed by atoms with van der Waals surface area (Å²) in [6.45, 7) is 3.72. The second-order valence-electron chi connectivity index (χ2n) is 8.98. The largest absolute Gasteiger partial charge is 0.573 e. The number of methoxy groups -OCH3 is 1. The van der Waals surface area contributed by atoms with Crippen molar-refractivity contribution in [3.8, 4) is 28.7 Å². The van der Waals surface area contributed by atoms with E-state index in [0.29, 0.717) is 16.9 Å². The topological polar surface area (TPSA) is 91.3 Å². The monoisotopic (exact) mass is 540 g/mol. The van der Waals surface area contributed by atoms with Gasteiger partial charge in [-0.3, -0.25) is 4.79 Å². The number of ether oxygens (including phenoxy) is 4. The van der Waals surface area contributed by atoms with E-state index < -0.39 is 29.5 Å². The fraction of sp³-hybridized carbons (Fsp3) is 0.172. The van der Waals surface area contributed by atoms with Crippen LogP contribution in [0.25, 0.3) is 12.2 Å². The number of halogens is 3. The Morgan fingerprint density at radius 3 is 2.26 bits per heavy atom. The Morgan fingerprint density at radius 2 is 1.64 bits per heavy atom. The molecule has 4 rings (SSSR count). The lowest BCUT2D eigenvalue weighted by Crippen LogP contribution is -2.27. The summed E-state index contributed by atoms with van der Waals surface area (Å²) in [5, 5.41) is 10.8. The Bertz CT molecular complexity index is 1450. The highest BCUT2D eigenvalue weighted by molar-refractivity contribution is 6.11. The van der Waals surface area contributed by atoms with Crippen LogP contribution >= 0.6 is 0 Å². The molecule has 202 valence electrons. The Morgan fingerprint density at radius 1 is 1.00 bits per heavy atom. The van der Waals surface area contributed by atoms with Crippen molar-refractivity contribution in [3.63, 3.8) is 0 Å². The van der Waals surface area contributed by atoms with Crippen LogP contribution in [-0.2, 0) is 0 Å². The molecule has 3 aromatic carbocycles. The second-order valence-corrected chi connectivity index (χ2v) is 8.98. The molecule has 1 aliphatic heterocycles. The van der Waals surface area contributed by atoms with E-state index in [1.54, 1.807) is 30.4 Å². The van der Waals surface area contributed by atoms with Crippen molar-refractivity contribution < 1.29 is 46.8 Å². The number of phenols is 1. The van der Waals surface area contributed by atoms with Gasteiger partial charge < -0.3 is 24.1 Å². The molecular weight excluding hydrogens is 517 g/mol. The van der Waals surface area contributed by atoms with Crippen LogP contribution in [-0.4, -0.2) is 35.9 Å². The van der Waals surface area contributed by atoms with Crippen LogP contribution in [0.5, 0.6) is 28.7 Å². The van der Waals surface area contributed by atoms with E-state index in [2.05, 4.69) is 4.74 Å². The van der Waals surface area contributed by atoms with Gasteiger partial charge in [-0.05, 0) is 74.0 Å². The zero-order valence-corrected chi connectivity index (χ0v) is 21.0. The number of aromatic hydroxyl groups is 1. The van der Waals surface area contributed by atoms with Gasteiger partial charge in [0.2, 0.25) is 0 Å². The fourth-order valence-electron chi connectivity index (χ4n) is 3.74. The fourth-order valence-corrected chi connectivity index (χ4v) is 3.74. The van der Waals surface area contributed by atoms with Crippen molar-refractivity contribution in [1.29, 1.82) is 0 Å². The summed E-state index contributed by atoms with van der Waals surface area (Å²) >= 11 is 0. The first-order valence-corrected chi connectivity index (χ1v) is 11.6. The number of rotatable bonds is 7. The summed E-state index contributed by atoms with van der Waals surface area (Å²) in [7, 11) is 1.39. The molecule has 39 heavy (non-hydrogen) atoms. The van der Waals surface area contributed by atoms with Crippen LogP contribution in [0.15, 0.2) is 66.7 Å². The van der Waals surface area contributed by atoms with E-state index in [-0.39, 0.29) is 28.4 Å². The predicted octanol–water partition coefficient (Wildman–Crippen LogP) is 6.60. The third kappa shape index (κ3) is 6.59. The maximum atomic E-state index is 13.0. The van der Waals surface area contributed by atoms with Crippen LogP contribution in [0.4, 0.5) is 13.2 Å². The molecular formula is C29H23F3O7. The Labute approximate surface area is 221 Å². The summed E-state index contributed by atoms with van der Waals surface area (Å²) < 4.78 is 57.0. The second kappa shape index (κ2) is 10.6. The Balaban J connectivity index is 1.44. The molecule has 0 radical (unpaired) electrons. The average molecular weight is 540 g/mol. The molecule has 1 aliphatic rings. The van der Waals surface area contributed by atoms with Gasteiger partial charge in [-0.25, -0.2) is 4.79 Å². The molecule has 0 saturated heterocycles. The number of phenolic OH excluding ortho intramolecular Hbond substituents is 1. The zero-order valence-electron chi connectivity index (χ0n) is 21.0. The molecule has 1 heterocycles. The van der Waals surface area contributed by atoms with Crippen LogP contribution in [0.1, 0.15) is 45.7 Å². The summed E-state index contributed by atoms with van der Waals surface area (Å²) in [4.78, 5) is 25.3. The smallest absolute Gasteiger partial charge is 0.506 e. The summed E-state index contributed by atoms with van der Waals surface area (Å²) in [6, 6.07) is 12.0. The minimum Gasteiger partial charge on any atom is -0.506 e. The third-order valence-electron chi connectivity index (χ3n) is 5.60. The van der Waals surface area contributed by atoms with Gasteiger partial charge in [0.15, 0.2) is 5.78 Å². The first-order valence-electron chi connectivity index (χ1n) is 11.6. The van der Waals surface area contributed by atoms with Crippen LogP contribution in [0.2, 0.25) is 0 Å². The van der Waals surface area contributed by atoms with Crippen molar-refractivity contribution in [2.45, 2.75) is 25.8 Å². The molecule has 0 atom stereocenters. The molecule has 0 unspecified atom stereocenters. The van der Waals surface area contributed by atoms with Crippen LogP contribution in [0.3, 0.4) is 0 Å². The standard InChI is InChI=1S/C29H23F3O7/c1-28(2)15-14-21-23(39-28)16-24(36-3)25(26(21)34)22(33)13-6-17-4-9-19(10-5-17)37-27(35)18-7-11-20(12-8-18)38-29(30,31)32/h4-16,34H,1-3H3/b13-6+. The van der Waals surface area contributed by atoms with Gasteiger partial charge in [0.05, 0.1) is 18.2 Å². The number of alkyl halides is 3. The number of carbonyl (C=O) groups excluding carboxylic acids is 2. The molecule has 0 aliphatic carbocycles. The molecule has 0 aromatic heterocycles. The van der Waals surface area contributed by atoms with Gasteiger partial charge >= 0.3 is 12.3 Å². The van der Waals surface area contributed by atoms with Crippen molar-refractivity contribution in [3.05, 3.63) is 89.0 Å². The number of benzene rings is 3. The average Bonchev–Trinajstić information content (AvgIpc) is 2.86. The number of hydrogen-bond donors (Lipinski definition) is 1. The Hall–Kier alpha value is -4.73. The molecule has 1 N–H and O–H groups in total.